The van der Waals surface area contributed by atoms with Crippen molar-refractivity contribution in [1.29, 1.82) is 0 Å². The number of rotatable bonds is 5. The number of amides is 1. The molecule has 3 aromatic carbocycles. The third-order valence-electron chi connectivity index (χ3n) is 6.89. The Hall–Kier alpha value is -2.35. The first-order valence-electron chi connectivity index (χ1n) is 12.3. The number of nitrogens with one attached hydrogen (secondary N) is 1. The number of halogens is 2. The van der Waals surface area contributed by atoms with Crippen molar-refractivity contribution in [2.24, 2.45) is 0 Å². The molecule has 0 saturated carbocycles. The maximum atomic E-state index is 13.3. The topological polar surface area (TPSA) is 66.5 Å². The fraction of sp³-hybridized carbons (Fsp3) is 0.345. The van der Waals surface area contributed by atoms with Gasteiger partial charge in [-0.15, -0.1) is 0 Å². The van der Waals surface area contributed by atoms with Crippen molar-refractivity contribution in [3.05, 3.63) is 92.4 Å². The molecule has 0 radical (unpaired) electrons. The molecule has 0 unspecified atom stereocenters. The third kappa shape index (κ3) is 6.39. The predicted molar refractivity (Wildman–Crippen MR) is 154 cm³/mol. The highest BCUT2D eigenvalue weighted by atomic mass is 79.9. The van der Waals surface area contributed by atoms with Crippen LogP contribution in [-0.2, 0) is 15.4 Å². The molecule has 0 aromatic heterocycles. The van der Waals surface area contributed by atoms with Gasteiger partial charge in [-0.3, -0.25) is 9.52 Å². The summed E-state index contributed by atoms with van der Waals surface area (Å²) in [6.45, 7) is 9.16. The quantitative estimate of drug-likeness (QED) is 0.328. The van der Waals surface area contributed by atoms with Crippen LogP contribution in [0.15, 0.2) is 70.0 Å². The van der Waals surface area contributed by atoms with Crippen LogP contribution in [0.5, 0.6) is 0 Å². The van der Waals surface area contributed by atoms with Crippen LogP contribution in [0.25, 0.3) is 0 Å². The zero-order chi connectivity index (χ0) is 27.0. The second kappa shape index (κ2) is 10.8. The average Bonchev–Trinajstić information content (AvgIpc) is 2.83. The summed E-state index contributed by atoms with van der Waals surface area (Å²) in [5.41, 5.74) is 3.36. The van der Waals surface area contributed by atoms with Crippen LogP contribution in [0.3, 0.4) is 0 Å². The zero-order valence-corrected chi connectivity index (χ0v) is 24.7. The van der Waals surface area contributed by atoms with Gasteiger partial charge >= 0.3 is 0 Å². The Balaban J connectivity index is 1.48. The fourth-order valence-electron chi connectivity index (χ4n) is 4.69. The van der Waals surface area contributed by atoms with Crippen molar-refractivity contribution >= 4 is 49.1 Å². The average molecular weight is 604 g/mol. The van der Waals surface area contributed by atoms with Gasteiger partial charge in [0.05, 0.1) is 4.90 Å². The lowest BCUT2D eigenvalue weighted by atomic mass is 9.87. The number of carbonyl (C=O) groups is 1. The first-order valence-corrected chi connectivity index (χ1v) is 15.0. The number of likely N-dealkylation sites (tertiary alicyclic amines) is 1. The van der Waals surface area contributed by atoms with E-state index in [1.807, 2.05) is 56.0 Å². The molecule has 0 bridgehead atoms. The van der Waals surface area contributed by atoms with Gasteiger partial charge in [0.2, 0.25) is 0 Å². The maximum absolute atomic E-state index is 13.3. The van der Waals surface area contributed by atoms with Crippen LogP contribution in [0.1, 0.15) is 66.6 Å². The summed E-state index contributed by atoms with van der Waals surface area (Å²) in [5.74, 6) is 0.196. The van der Waals surface area contributed by atoms with Crippen molar-refractivity contribution in [2.75, 3.05) is 17.8 Å². The Morgan fingerprint density at radius 1 is 1.03 bits per heavy atom. The van der Waals surface area contributed by atoms with E-state index in [0.717, 1.165) is 33.5 Å². The number of aryl methyl sites for hydroxylation is 1. The fourth-order valence-corrected chi connectivity index (χ4v) is 6.84. The molecule has 1 aliphatic heterocycles. The van der Waals surface area contributed by atoms with Gasteiger partial charge in [0.1, 0.15) is 0 Å². The Morgan fingerprint density at radius 3 is 2.38 bits per heavy atom. The summed E-state index contributed by atoms with van der Waals surface area (Å²) >= 11 is 9.89. The van der Waals surface area contributed by atoms with E-state index >= 15 is 0 Å². The number of nitrogens with zero attached hydrogens (tertiary/aromatic N) is 1. The van der Waals surface area contributed by atoms with Crippen LogP contribution in [0.4, 0.5) is 5.69 Å². The van der Waals surface area contributed by atoms with E-state index in [4.69, 9.17) is 11.6 Å². The minimum Gasteiger partial charge on any atom is -0.339 e. The van der Waals surface area contributed by atoms with Gasteiger partial charge < -0.3 is 4.90 Å². The second-order valence-corrected chi connectivity index (χ2v) is 13.6. The second-order valence-electron chi connectivity index (χ2n) is 10.6. The van der Waals surface area contributed by atoms with E-state index in [2.05, 4.69) is 20.7 Å². The van der Waals surface area contributed by atoms with E-state index in [0.29, 0.717) is 35.8 Å². The summed E-state index contributed by atoms with van der Waals surface area (Å²) in [4.78, 5) is 15.3. The molecule has 1 fully saturated rings. The summed E-state index contributed by atoms with van der Waals surface area (Å²) in [6, 6.07) is 18.2. The number of hydrogen-bond donors (Lipinski definition) is 1. The number of benzene rings is 3. The van der Waals surface area contributed by atoms with Crippen molar-refractivity contribution < 1.29 is 13.2 Å². The minimum absolute atomic E-state index is 0.104. The summed E-state index contributed by atoms with van der Waals surface area (Å²) < 4.78 is 30.2. The molecule has 5 nitrogen and oxygen atoms in total. The van der Waals surface area contributed by atoms with E-state index in [9.17, 15) is 13.2 Å². The predicted octanol–water partition coefficient (Wildman–Crippen LogP) is 7.53. The molecule has 196 valence electrons. The molecule has 1 heterocycles. The summed E-state index contributed by atoms with van der Waals surface area (Å²) in [7, 11) is -3.83. The first kappa shape index (κ1) is 27.7. The summed E-state index contributed by atoms with van der Waals surface area (Å²) in [5, 5.41) is 0.738. The monoisotopic (exact) mass is 602 g/mol. The smallest absolute Gasteiger partial charge is 0.262 e. The highest BCUT2D eigenvalue weighted by Gasteiger charge is 2.27. The molecule has 4 rings (SSSR count). The normalized spacial score (nSPS) is 15.0. The van der Waals surface area contributed by atoms with Gasteiger partial charge in [-0.2, -0.15) is 0 Å². The van der Waals surface area contributed by atoms with Crippen molar-refractivity contribution in [3.8, 4) is 0 Å². The van der Waals surface area contributed by atoms with E-state index < -0.39 is 10.0 Å². The molecule has 0 aliphatic carbocycles. The minimum atomic E-state index is -3.83. The summed E-state index contributed by atoms with van der Waals surface area (Å²) in [6.07, 6.45) is 1.64. The van der Waals surface area contributed by atoms with Gasteiger partial charge in [0.15, 0.2) is 0 Å². The molecule has 0 spiro atoms. The number of piperidine rings is 1. The van der Waals surface area contributed by atoms with Gasteiger partial charge in [-0.1, -0.05) is 72.6 Å². The lowest BCUT2D eigenvalue weighted by molar-refractivity contribution is 0.0713. The molecule has 8 heteroatoms. The Morgan fingerprint density at radius 2 is 1.73 bits per heavy atom. The molecule has 1 saturated heterocycles. The van der Waals surface area contributed by atoms with Crippen LogP contribution in [0, 0.1) is 6.92 Å². The lowest BCUT2D eigenvalue weighted by Gasteiger charge is -2.32. The van der Waals surface area contributed by atoms with Crippen LogP contribution < -0.4 is 4.72 Å². The number of anilines is 1. The molecular formula is C29H32BrClN2O3S. The molecule has 0 atom stereocenters. The Kier molecular flexibility index (Phi) is 8.07. The zero-order valence-electron chi connectivity index (χ0n) is 21.5. The van der Waals surface area contributed by atoms with Crippen LogP contribution in [-0.4, -0.2) is 32.3 Å². The number of carbonyl (C=O) groups excluding carboxylic acids is 1. The molecular weight excluding hydrogens is 572 g/mol. The van der Waals surface area contributed by atoms with Gasteiger partial charge in [-0.25, -0.2) is 8.42 Å². The van der Waals surface area contributed by atoms with E-state index in [-0.39, 0.29) is 16.2 Å². The van der Waals surface area contributed by atoms with Crippen LogP contribution >= 0.6 is 27.5 Å². The molecule has 1 amide bonds. The van der Waals surface area contributed by atoms with Gasteiger partial charge in [0.25, 0.3) is 15.9 Å². The molecule has 37 heavy (non-hydrogen) atoms. The highest BCUT2D eigenvalue weighted by molar-refractivity contribution is 9.10. The Labute approximate surface area is 233 Å². The SMILES string of the molecule is Cc1ccc(C(C)(C)C)cc1S(=O)(=O)Nc1cccc(C(=O)N2CCC(c3ccc(Br)cc3Cl)CC2)c1. The van der Waals surface area contributed by atoms with Gasteiger partial charge in [-0.05, 0) is 84.2 Å². The molecule has 1 N–H and O–H groups in total. The number of hydrogen-bond acceptors (Lipinski definition) is 3. The highest BCUT2D eigenvalue weighted by Crippen LogP contribution is 2.35. The van der Waals surface area contributed by atoms with Crippen LogP contribution in [0.2, 0.25) is 5.02 Å². The van der Waals surface area contributed by atoms with Crippen molar-refractivity contribution in [2.45, 2.75) is 56.8 Å². The molecule has 1 aliphatic rings. The third-order valence-corrected chi connectivity index (χ3v) is 9.23. The standard InChI is InChI=1S/C29H32BrClN2O3S/c1-19-8-9-22(29(2,3)4)17-27(19)37(35,36)32-24-7-5-6-21(16-24)28(34)33-14-12-20(13-15-33)25-11-10-23(30)18-26(25)31/h5-11,16-18,20,32H,12-15H2,1-4H3. The maximum Gasteiger partial charge on any atom is 0.262 e. The van der Waals surface area contributed by atoms with Gasteiger partial charge in [0, 0.05) is 33.8 Å². The lowest BCUT2D eigenvalue weighted by Crippen LogP contribution is -2.38. The van der Waals surface area contributed by atoms with E-state index in [1.54, 1.807) is 37.3 Å². The van der Waals surface area contributed by atoms with Crippen molar-refractivity contribution in [3.63, 3.8) is 0 Å². The Bertz CT molecular complexity index is 1430. The number of sulfonamides is 1. The first-order chi connectivity index (χ1) is 17.3. The molecule has 3 aromatic rings. The largest absolute Gasteiger partial charge is 0.339 e. The van der Waals surface area contributed by atoms with Crippen molar-refractivity contribution in [1.82, 2.24) is 4.90 Å². The van der Waals surface area contributed by atoms with E-state index in [1.165, 1.54) is 0 Å².